The molecule has 1 unspecified atom stereocenters. The molecule has 1 aromatic carbocycles. The highest BCUT2D eigenvalue weighted by Crippen LogP contribution is 2.30. The number of likely N-dealkylation sites (tertiary alicyclic amines) is 1. The molecule has 1 aliphatic heterocycles. The first-order chi connectivity index (χ1) is 13.3. The molecule has 27 heavy (non-hydrogen) atoms. The number of methoxy groups -OCH3 is 1. The van der Waals surface area contributed by atoms with Crippen molar-refractivity contribution in [3.8, 4) is 5.75 Å². The lowest BCUT2D eigenvalue weighted by Gasteiger charge is -2.22. The van der Waals surface area contributed by atoms with E-state index in [9.17, 15) is 0 Å². The van der Waals surface area contributed by atoms with Gasteiger partial charge in [-0.15, -0.1) is 0 Å². The van der Waals surface area contributed by atoms with E-state index in [0.717, 1.165) is 56.9 Å². The summed E-state index contributed by atoms with van der Waals surface area (Å²) < 4.78 is 16.7. The van der Waals surface area contributed by atoms with Crippen molar-refractivity contribution < 1.29 is 14.2 Å². The van der Waals surface area contributed by atoms with Crippen LogP contribution in [0.1, 0.15) is 24.8 Å². The Morgan fingerprint density at radius 2 is 2.00 bits per heavy atom. The molecule has 0 radical (unpaired) electrons. The fourth-order valence-electron chi connectivity index (χ4n) is 3.34. The average Bonchev–Trinajstić information content (AvgIpc) is 3.42. The predicted octanol–water partition coefficient (Wildman–Crippen LogP) is 2.54. The number of hydrogen-bond acceptors (Lipinski definition) is 4. The number of nitrogens with one attached hydrogen (secondary N) is 1. The molecule has 6 heteroatoms. The molecule has 1 aliphatic carbocycles. The molecule has 1 heterocycles. The van der Waals surface area contributed by atoms with Crippen molar-refractivity contribution in [1.29, 1.82) is 0 Å². The standard InChI is InChI=1S/C21H33N3O3/c1-22-21(24-10-9-18(14-24)15-26-12-11-25-2)23-13-19-5-3-4-6-20(19)27-16-17-7-8-17/h3-6,17-18H,7-16H2,1-2H3,(H,22,23). The molecule has 6 nitrogen and oxygen atoms in total. The second kappa shape index (κ2) is 10.5. The molecule has 1 N–H and O–H groups in total. The maximum Gasteiger partial charge on any atom is 0.193 e. The topological polar surface area (TPSA) is 55.3 Å². The lowest BCUT2D eigenvalue weighted by atomic mass is 10.1. The van der Waals surface area contributed by atoms with Gasteiger partial charge in [0.15, 0.2) is 5.96 Å². The van der Waals surface area contributed by atoms with Gasteiger partial charge in [-0.3, -0.25) is 4.99 Å². The number of aliphatic imine (C=N–C) groups is 1. The molecule has 2 fully saturated rings. The van der Waals surface area contributed by atoms with Crippen molar-refractivity contribution in [3.05, 3.63) is 29.8 Å². The van der Waals surface area contributed by atoms with E-state index in [0.29, 0.717) is 19.1 Å². The molecular formula is C21H33N3O3. The van der Waals surface area contributed by atoms with E-state index in [2.05, 4.69) is 33.4 Å². The minimum absolute atomic E-state index is 0.551. The van der Waals surface area contributed by atoms with Crippen molar-refractivity contribution in [2.45, 2.75) is 25.8 Å². The Hall–Kier alpha value is -1.79. The van der Waals surface area contributed by atoms with E-state index < -0.39 is 0 Å². The largest absolute Gasteiger partial charge is 0.493 e. The van der Waals surface area contributed by atoms with Gasteiger partial charge in [0.1, 0.15) is 5.75 Å². The third-order valence-electron chi connectivity index (χ3n) is 5.16. The number of hydrogen-bond donors (Lipinski definition) is 1. The second-order valence-corrected chi connectivity index (χ2v) is 7.43. The fourth-order valence-corrected chi connectivity index (χ4v) is 3.34. The Kier molecular flexibility index (Phi) is 7.78. The van der Waals surface area contributed by atoms with Crippen molar-refractivity contribution in [1.82, 2.24) is 10.2 Å². The van der Waals surface area contributed by atoms with E-state index in [1.165, 1.54) is 18.4 Å². The van der Waals surface area contributed by atoms with Crippen LogP contribution in [0.4, 0.5) is 0 Å². The molecule has 1 saturated heterocycles. The Balaban J connectivity index is 1.45. The minimum Gasteiger partial charge on any atom is -0.493 e. The molecule has 0 bridgehead atoms. The smallest absolute Gasteiger partial charge is 0.193 e. The highest BCUT2D eigenvalue weighted by atomic mass is 16.5. The Morgan fingerprint density at radius 1 is 1.15 bits per heavy atom. The maximum absolute atomic E-state index is 6.01. The second-order valence-electron chi connectivity index (χ2n) is 7.43. The summed E-state index contributed by atoms with van der Waals surface area (Å²) in [5.41, 5.74) is 1.18. The molecule has 0 aromatic heterocycles. The van der Waals surface area contributed by atoms with Gasteiger partial charge in [0, 0.05) is 45.3 Å². The van der Waals surface area contributed by atoms with Crippen molar-refractivity contribution in [3.63, 3.8) is 0 Å². The number of benzene rings is 1. The predicted molar refractivity (Wildman–Crippen MR) is 107 cm³/mol. The molecule has 0 amide bonds. The van der Waals surface area contributed by atoms with Crippen LogP contribution in [0, 0.1) is 11.8 Å². The summed E-state index contributed by atoms with van der Waals surface area (Å²) >= 11 is 0. The monoisotopic (exact) mass is 375 g/mol. The van der Waals surface area contributed by atoms with Crippen LogP contribution in [-0.4, -0.2) is 64.5 Å². The van der Waals surface area contributed by atoms with Crippen molar-refractivity contribution in [2.24, 2.45) is 16.8 Å². The van der Waals surface area contributed by atoms with Gasteiger partial charge >= 0.3 is 0 Å². The molecular weight excluding hydrogens is 342 g/mol. The number of para-hydroxylation sites is 1. The van der Waals surface area contributed by atoms with Crippen LogP contribution in [0.5, 0.6) is 5.75 Å². The van der Waals surface area contributed by atoms with Gasteiger partial charge in [0.05, 0.1) is 26.4 Å². The van der Waals surface area contributed by atoms with Gasteiger partial charge in [-0.2, -0.15) is 0 Å². The lowest BCUT2D eigenvalue weighted by Crippen LogP contribution is -2.40. The van der Waals surface area contributed by atoms with Crippen LogP contribution in [0.25, 0.3) is 0 Å². The summed E-state index contributed by atoms with van der Waals surface area (Å²) in [6, 6.07) is 8.28. The van der Waals surface area contributed by atoms with Crippen LogP contribution in [0.15, 0.2) is 29.3 Å². The molecule has 1 aromatic rings. The molecule has 1 atom stereocenters. The summed E-state index contributed by atoms with van der Waals surface area (Å²) in [5.74, 6) is 3.24. The van der Waals surface area contributed by atoms with Crippen LogP contribution in [0.2, 0.25) is 0 Å². The maximum atomic E-state index is 6.01. The number of guanidine groups is 1. The highest BCUT2D eigenvalue weighted by molar-refractivity contribution is 5.80. The first kappa shape index (κ1) is 20.0. The number of rotatable bonds is 10. The normalized spacial score (nSPS) is 20.1. The van der Waals surface area contributed by atoms with Crippen molar-refractivity contribution in [2.75, 3.05) is 53.7 Å². The Labute approximate surface area is 162 Å². The quantitative estimate of drug-likeness (QED) is 0.387. The summed E-state index contributed by atoms with van der Waals surface area (Å²) in [7, 11) is 3.55. The molecule has 150 valence electrons. The summed E-state index contributed by atoms with van der Waals surface area (Å²) in [4.78, 5) is 6.79. The van der Waals surface area contributed by atoms with E-state index in [1.54, 1.807) is 7.11 Å². The van der Waals surface area contributed by atoms with Gasteiger partial charge in [-0.05, 0) is 31.2 Å². The van der Waals surface area contributed by atoms with Gasteiger partial charge in [0.25, 0.3) is 0 Å². The van der Waals surface area contributed by atoms with E-state index in [4.69, 9.17) is 14.2 Å². The average molecular weight is 376 g/mol. The van der Waals surface area contributed by atoms with Gasteiger partial charge < -0.3 is 24.4 Å². The molecule has 0 spiro atoms. The number of nitrogens with zero attached hydrogens (tertiary/aromatic N) is 2. The van der Waals surface area contributed by atoms with E-state index >= 15 is 0 Å². The third-order valence-corrected chi connectivity index (χ3v) is 5.16. The Bertz CT molecular complexity index is 604. The first-order valence-corrected chi connectivity index (χ1v) is 10.0. The third kappa shape index (κ3) is 6.40. The van der Waals surface area contributed by atoms with E-state index in [1.807, 2.05) is 13.1 Å². The van der Waals surface area contributed by atoms with Gasteiger partial charge in [-0.1, -0.05) is 18.2 Å². The molecule has 2 aliphatic rings. The van der Waals surface area contributed by atoms with E-state index in [-0.39, 0.29) is 0 Å². The summed E-state index contributed by atoms with van der Waals surface area (Å²) in [6.07, 6.45) is 3.74. The SMILES string of the molecule is CN=C(NCc1ccccc1OCC1CC1)N1CCC(COCCOC)C1. The zero-order chi connectivity index (χ0) is 18.9. The first-order valence-electron chi connectivity index (χ1n) is 10.0. The number of ether oxygens (including phenoxy) is 3. The van der Waals surface area contributed by atoms with Crippen molar-refractivity contribution >= 4 is 5.96 Å². The zero-order valence-electron chi connectivity index (χ0n) is 16.7. The minimum atomic E-state index is 0.551. The van der Waals surface area contributed by atoms with Crippen LogP contribution >= 0.6 is 0 Å². The summed E-state index contributed by atoms with van der Waals surface area (Å²) in [5, 5.41) is 3.50. The molecule has 3 rings (SSSR count). The summed E-state index contributed by atoms with van der Waals surface area (Å²) in [6.45, 7) is 5.65. The van der Waals surface area contributed by atoms with Gasteiger partial charge in [0.2, 0.25) is 0 Å². The van der Waals surface area contributed by atoms with Crippen LogP contribution in [-0.2, 0) is 16.0 Å². The van der Waals surface area contributed by atoms with Crippen LogP contribution in [0.3, 0.4) is 0 Å². The zero-order valence-corrected chi connectivity index (χ0v) is 16.7. The van der Waals surface area contributed by atoms with Gasteiger partial charge in [-0.25, -0.2) is 0 Å². The fraction of sp³-hybridized carbons (Fsp3) is 0.667. The van der Waals surface area contributed by atoms with Crippen LogP contribution < -0.4 is 10.1 Å². The molecule has 1 saturated carbocycles. The Morgan fingerprint density at radius 3 is 2.78 bits per heavy atom. The highest BCUT2D eigenvalue weighted by Gasteiger charge is 2.25. The lowest BCUT2D eigenvalue weighted by molar-refractivity contribution is 0.0536.